The van der Waals surface area contributed by atoms with Crippen molar-refractivity contribution in [1.82, 2.24) is 0 Å². The second-order valence-corrected chi connectivity index (χ2v) is 24.3. The first kappa shape index (κ1) is 28.6. The standard InChI is InChI=1S/C32H53NO3Si2/c1-31-19-18-25(35-37(3,4)5)20-24(31)14-15-26-27-16-17-29(33-34-22-23-12-10-9-11-13-23)32(27,2)21-28(30(26)31)36-38(6,7)8/h9-13,24-28,30H,14-22H2,1-8H3/b33-29+/t24-,25+,26-,27-,28-,30+,31-,32-/m0/s1. The van der Waals surface area contributed by atoms with Crippen LogP contribution in [0, 0.1) is 34.5 Å². The van der Waals surface area contributed by atoms with Gasteiger partial charge in [0.25, 0.3) is 0 Å². The van der Waals surface area contributed by atoms with E-state index in [-0.39, 0.29) is 5.41 Å². The van der Waals surface area contributed by atoms with Crippen LogP contribution in [0.15, 0.2) is 35.5 Å². The molecule has 0 unspecified atom stereocenters. The summed E-state index contributed by atoms with van der Waals surface area (Å²) in [7, 11) is -3.23. The van der Waals surface area contributed by atoms with Crippen LogP contribution in [-0.2, 0) is 20.3 Å². The van der Waals surface area contributed by atoms with Gasteiger partial charge in [-0.15, -0.1) is 0 Å². The van der Waals surface area contributed by atoms with E-state index in [9.17, 15) is 0 Å². The highest BCUT2D eigenvalue weighted by Gasteiger charge is 2.63. The van der Waals surface area contributed by atoms with Gasteiger partial charge in [-0.05, 0) is 125 Å². The van der Waals surface area contributed by atoms with Crippen LogP contribution in [0.2, 0.25) is 39.3 Å². The van der Waals surface area contributed by atoms with Crippen LogP contribution in [0.3, 0.4) is 0 Å². The summed E-state index contributed by atoms with van der Waals surface area (Å²) >= 11 is 0. The summed E-state index contributed by atoms with van der Waals surface area (Å²) in [4.78, 5) is 5.99. The van der Waals surface area contributed by atoms with Gasteiger partial charge in [0.15, 0.2) is 16.6 Å². The lowest BCUT2D eigenvalue weighted by Crippen LogP contribution is -2.61. The Kier molecular flexibility index (Phi) is 7.87. The van der Waals surface area contributed by atoms with Crippen LogP contribution in [0.4, 0.5) is 0 Å². The second-order valence-electron chi connectivity index (χ2n) is 15.4. The zero-order valence-corrected chi connectivity index (χ0v) is 27.4. The fourth-order valence-corrected chi connectivity index (χ4v) is 11.5. The van der Waals surface area contributed by atoms with Crippen LogP contribution < -0.4 is 0 Å². The maximum absolute atomic E-state index is 7.18. The fraction of sp³-hybridized carbons (Fsp3) is 0.781. The molecule has 0 N–H and O–H groups in total. The van der Waals surface area contributed by atoms with E-state index in [0.717, 1.165) is 24.7 Å². The quantitative estimate of drug-likeness (QED) is 0.250. The molecule has 0 aliphatic heterocycles. The van der Waals surface area contributed by atoms with Gasteiger partial charge in [0.1, 0.15) is 6.61 Å². The van der Waals surface area contributed by atoms with E-state index in [4.69, 9.17) is 18.8 Å². The van der Waals surface area contributed by atoms with Gasteiger partial charge in [-0.25, -0.2) is 0 Å². The molecule has 1 aromatic carbocycles. The third kappa shape index (κ3) is 5.75. The summed E-state index contributed by atoms with van der Waals surface area (Å²) in [5.74, 6) is 2.84. The second kappa shape index (κ2) is 10.5. The number of hydrogen-bond donors (Lipinski definition) is 0. The van der Waals surface area contributed by atoms with Crippen LogP contribution in [0.1, 0.15) is 70.8 Å². The Hall–Kier alpha value is -0.956. The van der Waals surface area contributed by atoms with Crippen molar-refractivity contribution < 1.29 is 13.7 Å². The molecule has 0 spiro atoms. The Labute approximate surface area is 234 Å². The zero-order valence-electron chi connectivity index (χ0n) is 25.4. The molecule has 0 bridgehead atoms. The van der Waals surface area contributed by atoms with E-state index in [0.29, 0.717) is 36.1 Å². The predicted octanol–water partition coefficient (Wildman–Crippen LogP) is 8.65. The van der Waals surface area contributed by atoms with E-state index >= 15 is 0 Å². The lowest BCUT2D eigenvalue weighted by molar-refractivity contribution is -0.157. The first-order chi connectivity index (χ1) is 17.8. The number of benzene rings is 1. The average Bonchev–Trinajstić information content (AvgIpc) is 3.13. The molecule has 8 atom stereocenters. The first-order valence-electron chi connectivity index (χ1n) is 15.4. The van der Waals surface area contributed by atoms with Gasteiger partial charge in [0, 0.05) is 17.6 Å². The molecule has 4 aliphatic carbocycles. The molecule has 0 aromatic heterocycles. The van der Waals surface area contributed by atoms with Crippen molar-refractivity contribution in [2.24, 2.45) is 39.7 Å². The first-order valence-corrected chi connectivity index (χ1v) is 22.2. The topological polar surface area (TPSA) is 40.0 Å². The molecule has 0 amide bonds. The lowest BCUT2D eigenvalue weighted by atomic mass is 9.44. The van der Waals surface area contributed by atoms with Crippen LogP contribution in [0.25, 0.3) is 0 Å². The SMILES string of the molecule is C[C@]12CC[C@@H](O[Si](C)(C)C)C[C@@H]1CC[C@@H]1[C@@H]2[C@@H](O[Si](C)(C)C)C[C@]2(C)/C(=N/OCc3ccccc3)CC[C@@H]12. The van der Waals surface area contributed by atoms with Gasteiger partial charge in [-0.2, -0.15) is 0 Å². The van der Waals surface area contributed by atoms with E-state index < -0.39 is 16.6 Å². The van der Waals surface area contributed by atoms with Crippen LogP contribution in [0.5, 0.6) is 0 Å². The van der Waals surface area contributed by atoms with E-state index in [2.05, 4.69) is 83.5 Å². The van der Waals surface area contributed by atoms with Crippen LogP contribution >= 0.6 is 0 Å². The van der Waals surface area contributed by atoms with E-state index in [1.165, 1.54) is 49.8 Å². The third-order valence-corrected chi connectivity index (χ3v) is 12.6. The third-order valence-electron chi connectivity index (χ3n) is 10.5. The zero-order chi connectivity index (χ0) is 27.3. The molecule has 0 radical (unpaired) electrons. The molecular weight excluding hydrogens is 503 g/mol. The molecule has 38 heavy (non-hydrogen) atoms. The summed E-state index contributed by atoms with van der Waals surface area (Å²) in [5, 5.41) is 4.85. The van der Waals surface area contributed by atoms with Gasteiger partial charge >= 0.3 is 0 Å². The van der Waals surface area contributed by atoms with Crippen LogP contribution in [-0.4, -0.2) is 34.6 Å². The number of hydrogen-bond acceptors (Lipinski definition) is 4. The lowest BCUT2D eigenvalue weighted by Gasteiger charge is -2.63. The molecule has 1 aromatic rings. The van der Waals surface area contributed by atoms with Crippen molar-refractivity contribution in [1.29, 1.82) is 0 Å². The Morgan fingerprint density at radius 2 is 1.61 bits per heavy atom. The monoisotopic (exact) mass is 555 g/mol. The highest BCUT2D eigenvalue weighted by atomic mass is 28.4. The normalized spacial score (nSPS) is 40.4. The van der Waals surface area contributed by atoms with Crippen molar-refractivity contribution in [3.8, 4) is 0 Å². The minimum atomic E-state index is -1.71. The average molecular weight is 556 g/mol. The van der Waals surface area contributed by atoms with Gasteiger partial charge in [-0.3, -0.25) is 0 Å². The molecule has 0 heterocycles. The maximum Gasteiger partial charge on any atom is 0.184 e. The number of rotatable bonds is 7. The molecule has 4 nitrogen and oxygen atoms in total. The smallest absolute Gasteiger partial charge is 0.184 e. The Bertz CT molecular complexity index is 1000. The number of fused-ring (bicyclic) bond motifs is 5. The summed E-state index contributed by atoms with van der Waals surface area (Å²) in [6.45, 7) is 19.9. The Morgan fingerprint density at radius 3 is 2.29 bits per heavy atom. The molecular formula is C32H53NO3Si2. The minimum absolute atomic E-state index is 0.0868. The molecule has 4 saturated carbocycles. The van der Waals surface area contributed by atoms with Gasteiger partial charge in [0.2, 0.25) is 0 Å². The van der Waals surface area contributed by atoms with Crippen molar-refractivity contribution >= 4 is 22.3 Å². The van der Waals surface area contributed by atoms with Crippen molar-refractivity contribution in [2.45, 2.75) is 123 Å². The largest absolute Gasteiger partial charge is 0.415 e. The maximum atomic E-state index is 7.18. The van der Waals surface area contributed by atoms with Crippen molar-refractivity contribution in [3.05, 3.63) is 35.9 Å². The predicted molar refractivity (Wildman–Crippen MR) is 162 cm³/mol. The molecule has 6 heteroatoms. The highest BCUT2D eigenvalue weighted by molar-refractivity contribution is 6.70. The fourth-order valence-electron chi connectivity index (χ4n) is 9.18. The van der Waals surface area contributed by atoms with E-state index in [1.54, 1.807) is 0 Å². The summed E-state index contributed by atoms with van der Waals surface area (Å²) in [6, 6.07) is 10.4. The Balaban J connectivity index is 1.39. The molecule has 4 aliphatic rings. The molecule has 212 valence electrons. The van der Waals surface area contributed by atoms with Gasteiger partial charge < -0.3 is 13.7 Å². The molecule has 4 fully saturated rings. The van der Waals surface area contributed by atoms with Crippen molar-refractivity contribution in [3.63, 3.8) is 0 Å². The van der Waals surface area contributed by atoms with Gasteiger partial charge in [-0.1, -0.05) is 49.3 Å². The Morgan fingerprint density at radius 1 is 0.895 bits per heavy atom. The molecule has 0 saturated heterocycles. The highest BCUT2D eigenvalue weighted by Crippen LogP contribution is 2.66. The number of oxime groups is 1. The number of nitrogens with zero attached hydrogens (tertiary/aromatic N) is 1. The summed E-state index contributed by atoms with van der Waals surface area (Å²) in [5.41, 5.74) is 2.92. The minimum Gasteiger partial charge on any atom is -0.415 e. The molecule has 5 rings (SSSR count). The van der Waals surface area contributed by atoms with Gasteiger partial charge in [0.05, 0.1) is 5.71 Å². The summed E-state index contributed by atoms with van der Waals surface area (Å²) in [6.07, 6.45) is 10.7. The van der Waals surface area contributed by atoms with E-state index in [1.807, 2.05) is 0 Å². The van der Waals surface area contributed by atoms with Crippen molar-refractivity contribution in [2.75, 3.05) is 0 Å². The summed E-state index contributed by atoms with van der Waals surface area (Å²) < 4.78 is 13.9.